The highest BCUT2D eigenvalue weighted by Crippen LogP contribution is 2.25. The quantitative estimate of drug-likeness (QED) is 0.650. The van der Waals surface area contributed by atoms with E-state index in [2.05, 4.69) is 25.6 Å². The summed E-state index contributed by atoms with van der Waals surface area (Å²) >= 11 is 0. The number of rotatable bonds is 6. The zero-order valence-electron chi connectivity index (χ0n) is 17.4. The molecule has 1 saturated carbocycles. The first-order valence-electron chi connectivity index (χ1n) is 10.1. The molecule has 3 heterocycles. The molecule has 0 aromatic carbocycles. The Labute approximate surface area is 175 Å². The van der Waals surface area contributed by atoms with Crippen LogP contribution < -0.4 is 20.9 Å². The Bertz CT molecular complexity index is 1080. The summed E-state index contributed by atoms with van der Waals surface area (Å²) in [5.41, 5.74) is 2.40. The highest BCUT2D eigenvalue weighted by Gasteiger charge is 2.25. The number of aryl methyl sites for hydroxylation is 2. The minimum atomic E-state index is -0.207. The van der Waals surface area contributed by atoms with Crippen LogP contribution in [0.1, 0.15) is 30.7 Å². The normalized spacial score (nSPS) is 18.2. The van der Waals surface area contributed by atoms with Crippen LogP contribution in [0.2, 0.25) is 0 Å². The van der Waals surface area contributed by atoms with Crippen molar-refractivity contribution in [2.45, 2.75) is 45.2 Å². The lowest BCUT2D eigenvalue weighted by atomic mass is 10.2. The lowest BCUT2D eigenvalue weighted by molar-refractivity contribution is 0.406. The molecule has 0 radical (unpaired) electrons. The van der Waals surface area contributed by atoms with E-state index in [1.165, 1.54) is 11.7 Å². The topological polar surface area (TPSA) is 94.0 Å². The first kappa shape index (κ1) is 19.9. The van der Waals surface area contributed by atoms with Crippen molar-refractivity contribution >= 4 is 11.6 Å². The molecule has 0 saturated heterocycles. The monoisotopic (exact) mass is 406 g/mol. The van der Waals surface area contributed by atoms with E-state index in [0.29, 0.717) is 23.5 Å². The van der Waals surface area contributed by atoms with Crippen LogP contribution in [0.25, 0.3) is 5.69 Å². The maximum absolute atomic E-state index is 12.4. The number of hydrogen-bond acceptors (Lipinski definition) is 7. The molecule has 0 spiro atoms. The van der Waals surface area contributed by atoms with E-state index >= 15 is 0 Å². The number of pyridine rings is 2. The number of anilines is 2. The SMILES string of the molecule is COc1cccn(-c2ccc(N[C@H]3CC[C@H](Nc4cnc(C)c(C)n4)C3)nc2)c1=O. The van der Waals surface area contributed by atoms with Gasteiger partial charge in [0.2, 0.25) is 0 Å². The highest BCUT2D eigenvalue weighted by atomic mass is 16.5. The summed E-state index contributed by atoms with van der Waals surface area (Å²) < 4.78 is 6.63. The molecule has 2 N–H and O–H groups in total. The highest BCUT2D eigenvalue weighted by molar-refractivity contribution is 5.43. The third-order valence-electron chi connectivity index (χ3n) is 5.49. The zero-order chi connectivity index (χ0) is 21.1. The summed E-state index contributed by atoms with van der Waals surface area (Å²) in [7, 11) is 1.49. The van der Waals surface area contributed by atoms with E-state index in [-0.39, 0.29) is 5.56 Å². The third kappa shape index (κ3) is 4.27. The average Bonchev–Trinajstić information content (AvgIpc) is 3.18. The predicted molar refractivity (Wildman–Crippen MR) is 117 cm³/mol. The number of aromatic nitrogens is 4. The van der Waals surface area contributed by atoms with Crippen LogP contribution >= 0.6 is 0 Å². The summed E-state index contributed by atoms with van der Waals surface area (Å²) in [6.45, 7) is 3.94. The molecule has 8 heteroatoms. The van der Waals surface area contributed by atoms with Gasteiger partial charge < -0.3 is 15.4 Å². The summed E-state index contributed by atoms with van der Waals surface area (Å²) in [5.74, 6) is 1.93. The molecule has 1 aliphatic carbocycles. The Morgan fingerprint density at radius 2 is 1.77 bits per heavy atom. The summed E-state index contributed by atoms with van der Waals surface area (Å²) in [4.78, 5) is 25.8. The van der Waals surface area contributed by atoms with Crippen molar-refractivity contribution in [2.75, 3.05) is 17.7 Å². The van der Waals surface area contributed by atoms with Gasteiger partial charge in [0, 0.05) is 18.3 Å². The molecule has 156 valence electrons. The molecule has 0 unspecified atom stereocenters. The molecule has 3 aromatic rings. The predicted octanol–water partition coefficient (Wildman–Crippen LogP) is 3.09. The Morgan fingerprint density at radius 1 is 1.00 bits per heavy atom. The van der Waals surface area contributed by atoms with Crippen LogP contribution in [-0.2, 0) is 0 Å². The van der Waals surface area contributed by atoms with Gasteiger partial charge in [0.15, 0.2) is 5.75 Å². The van der Waals surface area contributed by atoms with Gasteiger partial charge in [-0.05, 0) is 57.4 Å². The van der Waals surface area contributed by atoms with Gasteiger partial charge in [-0.1, -0.05) is 0 Å². The van der Waals surface area contributed by atoms with E-state index in [1.54, 1.807) is 30.7 Å². The molecule has 0 amide bonds. The van der Waals surface area contributed by atoms with Crippen molar-refractivity contribution in [3.05, 3.63) is 64.6 Å². The number of ether oxygens (including phenoxy) is 1. The molecule has 1 aliphatic rings. The van der Waals surface area contributed by atoms with Crippen LogP contribution in [0.3, 0.4) is 0 Å². The standard InChI is InChI=1S/C22H26N6O2/c1-14-15(2)25-21(13-23-14)27-17-7-6-16(11-17)26-20-9-8-18(12-24-20)28-10-4-5-19(30-3)22(28)29/h4-5,8-10,12-13,16-17H,6-7,11H2,1-3H3,(H,24,26)(H,25,27)/t16-,17-/m0/s1. The van der Waals surface area contributed by atoms with Gasteiger partial charge in [0.1, 0.15) is 11.6 Å². The second-order valence-corrected chi connectivity index (χ2v) is 7.57. The smallest absolute Gasteiger partial charge is 0.297 e. The fourth-order valence-corrected chi connectivity index (χ4v) is 3.72. The maximum atomic E-state index is 12.4. The fraction of sp³-hybridized carbons (Fsp3) is 0.364. The largest absolute Gasteiger partial charge is 0.491 e. The average molecular weight is 406 g/mol. The molecule has 1 fully saturated rings. The van der Waals surface area contributed by atoms with Gasteiger partial charge in [-0.2, -0.15) is 0 Å². The molecule has 8 nitrogen and oxygen atoms in total. The molecule has 2 atom stereocenters. The Balaban J connectivity index is 1.37. The van der Waals surface area contributed by atoms with Gasteiger partial charge in [0.05, 0.1) is 36.6 Å². The van der Waals surface area contributed by atoms with Crippen LogP contribution in [0.15, 0.2) is 47.7 Å². The summed E-state index contributed by atoms with van der Waals surface area (Å²) in [6, 6.07) is 7.89. The summed E-state index contributed by atoms with van der Waals surface area (Å²) in [5, 5.41) is 6.98. The number of nitrogens with zero attached hydrogens (tertiary/aromatic N) is 4. The van der Waals surface area contributed by atoms with Crippen molar-refractivity contribution in [3.63, 3.8) is 0 Å². The second kappa shape index (κ2) is 8.52. The number of methoxy groups -OCH3 is 1. The van der Waals surface area contributed by atoms with Crippen molar-refractivity contribution in [3.8, 4) is 11.4 Å². The lowest BCUT2D eigenvalue weighted by Gasteiger charge is -2.16. The van der Waals surface area contributed by atoms with Crippen LogP contribution in [0, 0.1) is 13.8 Å². The van der Waals surface area contributed by atoms with E-state index in [1.807, 2.05) is 26.0 Å². The minimum absolute atomic E-state index is 0.207. The molecular formula is C22H26N6O2. The Kier molecular flexibility index (Phi) is 5.65. The zero-order valence-corrected chi connectivity index (χ0v) is 17.4. The van der Waals surface area contributed by atoms with Gasteiger partial charge in [-0.15, -0.1) is 0 Å². The van der Waals surface area contributed by atoms with Gasteiger partial charge in [0.25, 0.3) is 5.56 Å². The summed E-state index contributed by atoms with van der Waals surface area (Å²) in [6.07, 6.45) is 8.28. The minimum Gasteiger partial charge on any atom is -0.491 e. The third-order valence-corrected chi connectivity index (χ3v) is 5.49. The van der Waals surface area contributed by atoms with Crippen molar-refractivity contribution in [2.24, 2.45) is 0 Å². The second-order valence-electron chi connectivity index (χ2n) is 7.57. The van der Waals surface area contributed by atoms with Gasteiger partial charge in [-0.25, -0.2) is 9.97 Å². The Hall–Kier alpha value is -3.42. The molecule has 30 heavy (non-hydrogen) atoms. The van der Waals surface area contributed by atoms with Gasteiger partial charge in [-0.3, -0.25) is 14.3 Å². The molecule has 3 aromatic heterocycles. The van der Waals surface area contributed by atoms with E-state index in [0.717, 1.165) is 42.3 Å². The van der Waals surface area contributed by atoms with Crippen molar-refractivity contribution in [1.29, 1.82) is 0 Å². The van der Waals surface area contributed by atoms with Crippen LogP contribution in [0.5, 0.6) is 5.75 Å². The Morgan fingerprint density at radius 3 is 2.43 bits per heavy atom. The lowest BCUT2D eigenvalue weighted by Crippen LogP contribution is -2.22. The van der Waals surface area contributed by atoms with E-state index in [4.69, 9.17) is 4.74 Å². The number of nitrogens with one attached hydrogen (secondary N) is 2. The van der Waals surface area contributed by atoms with Gasteiger partial charge >= 0.3 is 0 Å². The van der Waals surface area contributed by atoms with Crippen LogP contribution in [0.4, 0.5) is 11.6 Å². The maximum Gasteiger partial charge on any atom is 0.297 e. The molecule has 0 bridgehead atoms. The van der Waals surface area contributed by atoms with Crippen molar-refractivity contribution in [1.82, 2.24) is 19.5 Å². The van der Waals surface area contributed by atoms with Crippen molar-refractivity contribution < 1.29 is 4.74 Å². The van der Waals surface area contributed by atoms with E-state index < -0.39 is 0 Å². The fourth-order valence-electron chi connectivity index (χ4n) is 3.72. The first-order valence-corrected chi connectivity index (χ1v) is 10.1. The number of hydrogen-bond donors (Lipinski definition) is 2. The van der Waals surface area contributed by atoms with Crippen LogP contribution in [-0.4, -0.2) is 38.7 Å². The molecule has 0 aliphatic heterocycles. The van der Waals surface area contributed by atoms with E-state index in [9.17, 15) is 4.79 Å². The molecular weight excluding hydrogens is 380 g/mol. The first-order chi connectivity index (χ1) is 14.5. The molecule has 4 rings (SSSR count).